The van der Waals surface area contributed by atoms with Crippen LogP contribution in [-0.4, -0.2) is 20.5 Å². The summed E-state index contributed by atoms with van der Waals surface area (Å²) in [5.41, 5.74) is 3.15. The predicted octanol–water partition coefficient (Wildman–Crippen LogP) is 3.06. The lowest BCUT2D eigenvalue weighted by Gasteiger charge is -2.31. The van der Waals surface area contributed by atoms with Gasteiger partial charge in [0.25, 0.3) is 0 Å². The summed E-state index contributed by atoms with van der Waals surface area (Å²) in [6, 6.07) is 1.49. The van der Waals surface area contributed by atoms with Crippen LogP contribution in [0.1, 0.15) is 32.3 Å². The summed E-state index contributed by atoms with van der Waals surface area (Å²) < 4.78 is 77.8. The Bertz CT molecular complexity index is 623. The summed E-state index contributed by atoms with van der Waals surface area (Å²) in [6.07, 6.45) is -4.10. The molecule has 1 aromatic carbocycles. The highest BCUT2D eigenvalue weighted by atomic mass is 35.5. The lowest BCUT2D eigenvalue weighted by molar-refractivity contribution is -0.140. The summed E-state index contributed by atoms with van der Waals surface area (Å²) >= 11 is 0. The van der Waals surface area contributed by atoms with Crippen LogP contribution in [0.25, 0.3) is 0 Å². The maximum absolute atomic E-state index is 13.5. The number of hydrogen-bond donors (Lipinski definition) is 2. The van der Waals surface area contributed by atoms with E-state index < -0.39 is 38.0 Å². The lowest BCUT2D eigenvalue weighted by Crippen LogP contribution is -2.52. The first-order chi connectivity index (χ1) is 10.0. The maximum Gasteiger partial charge on any atom is 0.419 e. The number of sulfonamides is 1. The molecule has 0 amide bonds. The van der Waals surface area contributed by atoms with E-state index >= 15 is 0 Å². The SMILES string of the molecule is CCC(CC)(CN)NS(=O)(=O)c1ccc(C(F)(F)F)c(F)c1.Cl. The number of rotatable bonds is 6. The maximum atomic E-state index is 13.5. The van der Waals surface area contributed by atoms with Crippen molar-refractivity contribution >= 4 is 22.4 Å². The molecule has 1 rings (SSSR count). The van der Waals surface area contributed by atoms with E-state index in [4.69, 9.17) is 5.73 Å². The Morgan fingerprint density at radius 2 is 1.70 bits per heavy atom. The minimum Gasteiger partial charge on any atom is -0.329 e. The van der Waals surface area contributed by atoms with Gasteiger partial charge in [-0.3, -0.25) is 0 Å². The van der Waals surface area contributed by atoms with Crippen LogP contribution in [0.5, 0.6) is 0 Å². The highest BCUT2D eigenvalue weighted by Crippen LogP contribution is 2.32. The second-order valence-corrected chi connectivity index (χ2v) is 6.62. The fourth-order valence-corrected chi connectivity index (χ4v) is 3.53. The van der Waals surface area contributed by atoms with E-state index in [9.17, 15) is 26.0 Å². The average molecular weight is 379 g/mol. The van der Waals surface area contributed by atoms with Gasteiger partial charge in [-0.25, -0.2) is 17.5 Å². The van der Waals surface area contributed by atoms with E-state index in [1.807, 2.05) is 0 Å². The molecule has 23 heavy (non-hydrogen) atoms. The van der Waals surface area contributed by atoms with Gasteiger partial charge in [-0.2, -0.15) is 13.2 Å². The third-order valence-corrected chi connectivity index (χ3v) is 5.23. The molecule has 0 unspecified atom stereocenters. The molecule has 0 heterocycles. The van der Waals surface area contributed by atoms with E-state index in [2.05, 4.69) is 4.72 Å². The molecule has 0 aliphatic heterocycles. The monoisotopic (exact) mass is 378 g/mol. The van der Waals surface area contributed by atoms with Crippen molar-refractivity contribution in [3.63, 3.8) is 0 Å². The smallest absolute Gasteiger partial charge is 0.329 e. The molecule has 0 saturated heterocycles. The van der Waals surface area contributed by atoms with Crippen molar-refractivity contribution < 1.29 is 26.0 Å². The molecule has 1 aromatic rings. The van der Waals surface area contributed by atoms with Crippen LogP contribution in [0.4, 0.5) is 17.6 Å². The summed E-state index contributed by atoms with van der Waals surface area (Å²) in [7, 11) is -4.18. The van der Waals surface area contributed by atoms with Crippen LogP contribution in [0.2, 0.25) is 0 Å². The summed E-state index contributed by atoms with van der Waals surface area (Å²) in [5.74, 6) is -1.64. The first-order valence-electron chi connectivity index (χ1n) is 6.62. The van der Waals surface area contributed by atoms with Gasteiger partial charge in [-0.15, -0.1) is 12.4 Å². The van der Waals surface area contributed by atoms with E-state index in [0.29, 0.717) is 25.0 Å². The molecule has 134 valence electrons. The van der Waals surface area contributed by atoms with Crippen molar-refractivity contribution in [3.8, 4) is 0 Å². The summed E-state index contributed by atoms with van der Waals surface area (Å²) in [5, 5.41) is 0. The van der Waals surface area contributed by atoms with Crippen LogP contribution >= 0.6 is 12.4 Å². The minimum absolute atomic E-state index is 0. The first-order valence-corrected chi connectivity index (χ1v) is 8.10. The number of nitrogens with one attached hydrogen (secondary N) is 1. The molecule has 0 aliphatic rings. The van der Waals surface area contributed by atoms with Gasteiger partial charge in [0.15, 0.2) is 0 Å². The topological polar surface area (TPSA) is 72.2 Å². The summed E-state index contributed by atoms with van der Waals surface area (Å²) in [6.45, 7) is 3.47. The van der Waals surface area contributed by atoms with Gasteiger partial charge in [-0.1, -0.05) is 13.8 Å². The Hall–Kier alpha value is -0.900. The molecule has 0 aromatic heterocycles. The molecular formula is C13H19ClF4N2O2S. The molecule has 0 fully saturated rings. The highest BCUT2D eigenvalue weighted by Gasteiger charge is 2.36. The highest BCUT2D eigenvalue weighted by molar-refractivity contribution is 7.89. The molecule has 0 aliphatic carbocycles. The normalized spacial score (nSPS) is 12.8. The average Bonchev–Trinajstić information content (AvgIpc) is 2.43. The third kappa shape index (κ3) is 5.03. The second-order valence-electron chi connectivity index (χ2n) is 4.94. The van der Waals surface area contributed by atoms with Crippen molar-refractivity contribution in [2.75, 3.05) is 6.54 Å². The molecule has 4 nitrogen and oxygen atoms in total. The van der Waals surface area contributed by atoms with Gasteiger partial charge in [0.1, 0.15) is 5.82 Å². The Balaban J connectivity index is 0.00000484. The Morgan fingerprint density at radius 1 is 1.17 bits per heavy atom. The van der Waals surface area contributed by atoms with E-state index in [1.165, 1.54) is 0 Å². The van der Waals surface area contributed by atoms with Crippen molar-refractivity contribution in [1.82, 2.24) is 4.72 Å². The van der Waals surface area contributed by atoms with Crippen LogP contribution in [0.3, 0.4) is 0 Å². The van der Waals surface area contributed by atoms with Gasteiger partial charge in [-0.05, 0) is 31.0 Å². The van der Waals surface area contributed by atoms with Crippen LogP contribution in [0.15, 0.2) is 23.1 Å². The first kappa shape index (κ1) is 22.1. The molecule has 0 radical (unpaired) electrons. The van der Waals surface area contributed by atoms with Crippen LogP contribution < -0.4 is 10.5 Å². The largest absolute Gasteiger partial charge is 0.419 e. The lowest BCUT2D eigenvalue weighted by atomic mass is 9.95. The van der Waals surface area contributed by atoms with E-state index in [-0.39, 0.29) is 19.0 Å². The number of benzene rings is 1. The fourth-order valence-electron chi connectivity index (χ4n) is 1.96. The van der Waals surface area contributed by atoms with Gasteiger partial charge in [0.05, 0.1) is 10.5 Å². The van der Waals surface area contributed by atoms with Gasteiger partial charge in [0, 0.05) is 12.1 Å². The van der Waals surface area contributed by atoms with Gasteiger partial charge < -0.3 is 5.73 Å². The minimum atomic E-state index is -4.88. The number of halogens is 5. The zero-order chi connectivity index (χ0) is 17.2. The zero-order valence-electron chi connectivity index (χ0n) is 12.6. The Morgan fingerprint density at radius 3 is 2.04 bits per heavy atom. The molecule has 0 bridgehead atoms. The predicted molar refractivity (Wildman–Crippen MR) is 81.3 cm³/mol. The standard InChI is InChI=1S/C13H18F4N2O2S.ClH/c1-3-12(4-2,8-18)19-22(20,21)9-5-6-10(11(14)7-9)13(15,16)17;/h5-7,19H,3-4,8,18H2,1-2H3;1H. The van der Waals surface area contributed by atoms with E-state index in [1.54, 1.807) is 13.8 Å². The summed E-state index contributed by atoms with van der Waals surface area (Å²) in [4.78, 5) is -0.572. The van der Waals surface area contributed by atoms with Crippen molar-refractivity contribution in [3.05, 3.63) is 29.6 Å². The quantitative estimate of drug-likeness (QED) is 0.747. The third-order valence-electron chi connectivity index (χ3n) is 3.65. The fraction of sp³-hybridized carbons (Fsp3) is 0.538. The molecule has 0 saturated carbocycles. The zero-order valence-corrected chi connectivity index (χ0v) is 14.2. The van der Waals surface area contributed by atoms with Gasteiger partial charge >= 0.3 is 6.18 Å². The molecule has 0 atom stereocenters. The van der Waals surface area contributed by atoms with Crippen molar-refractivity contribution in [2.45, 2.75) is 43.3 Å². The van der Waals surface area contributed by atoms with Gasteiger partial charge in [0.2, 0.25) is 10.0 Å². The number of alkyl halides is 3. The van der Waals surface area contributed by atoms with Crippen LogP contribution in [-0.2, 0) is 16.2 Å². The number of hydrogen-bond acceptors (Lipinski definition) is 3. The second kappa shape index (κ2) is 7.78. The Labute approximate surface area is 138 Å². The van der Waals surface area contributed by atoms with E-state index in [0.717, 1.165) is 6.07 Å². The molecule has 10 heteroatoms. The molecule has 0 spiro atoms. The number of nitrogens with two attached hydrogens (primary N) is 1. The van der Waals surface area contributed by atoms with Crippen LogP contribution in [0, 0.1) is 5.82 Å². The van der Waals surface area contributed by atoms with Crippen molar-refractivity contribution in [2.24, 2.45) is 5.73 Å². The van der Waals surface area contributed by atoms with Crippen molar-refractivity contribution in [1.29, 1.82) is 0 Å². The Kier molecular flexibility index (Phi) is 7.48. The molecular weight excluding hydrogens is 360 g/mol. The molecule has 3 N–H and O–H groups in total.